The predicted octanol–water partition coefficient (Wildman–Crippen LogP) is 5.18. The molecule has 0 aliphatic heterocycles. The lowest BCUT2D eigenvalue weighted by Crippen LogP contribution is -2.13. The van der Waals surface area contributed by atoms with Crippen molar-refractivity contribution >= 4 is 17.8 Å². The molecule has 0 spiro atoms. The number of aromatic nitrogens is 1. The molecule has 0 fully saturated rings. The number of nitrogens with zero attached hydrogens (tertiary/aromatic N) is 1. The first-order valence-electron chi connectivity index (χ1n) is 11.6. The number of hydrogen-bond donors (Lipinski definition) is 1. The number of benzene rings is 3. The molecule has 1 heterocycles. The molecule has 3 aromatic carbocycles. The summed E-state index contributed by atoms with van der Waals surface area (Å²) in [5.41, 5.74) is 4.80. The fourth-order valence-electron chi connectivity index (χ4n) is 3.60. The first-order chi connectivity index (χ1) is 18.0. The van der Waals surface area contributed by atoms with E-state index in [0.717, 1.165) is 34.0 Å². The van der Waals surface area contributed by atoms with Crippen LogP contribution in [-0.2, 0) is 16.2 Å². The van der Waals surface area contributed by atoms with Gasteiger partial charge in [0.2, 0.25) is 0 Å². The number of rotatable bonds is 11. The highest BCUT2D eigenvalue weighted by molar-refractivity contribution is 6.01. The van der Waals surface area contributed by atoms with Crippen LogP contribution in [-0.4, -0.2) is 30.5 Å². The van der Waals surface area contributed by atoms with E-state index in [0.29, 0.717) is 29.6 Å². The van der Waals surface area contributed by atoms with Crippen LogP contribution in [0.4, 0.5) is 0 Å². The first-order valence-corrected chi connectivity index (χ1v) is 11.6. The minimum absolute atomic E-state index is 0.268. The van der Waals surface area contributed by atoms with Gasteiger partial charge in [-0.2, -0.15) is 0 Å². The SMILES string of the molecule is CO/N=C(\COc1ccc(COc2ccc(/C=C/C(=O)O)c(-c3cc(C)o[nH+]3)c2)cc1)c1ccccc1. The Morgan fingerprint density at radius 2 is 1.76 bits per heavy atom. The molecule has 0 unspecified atom stereocenters. The van der Waals surface area contributed by atoms with Gasteiger partial charge in [0.05, 0.1) is 11.6 Å². The van der Waals surface area contributed by atoms with Crippen LogP contribution in [0.1, 0.15) is 22.5 Å². The number of carboxylic acids is 1. The van der Waals surface area contributed by atoms with Gasteiger partial charge in [0.15, 0.2) is 5.76 Å². The Morgan fingerprint density at radius 3 is 2.43 bits per heavy atom. The van der Waals surface area contributed by atoms with Gasteiger partial charge in [0.1, 0.15) is 37.5 Å². The smallest absolute Gasteiger partial charge is 0.328 e. The molecule has 4 aromatic rings. The van der Waals surface area contributed by atoms with Gasteiger partial charge in [-0.15, -0.1) is 0 Å². The van der Waals surface area contributed by atoms with E-state index < -0.39 is 5.97 Å². The molecule has 8 heteroatoms. The van der Waals surface area contributed by atoms with Gasteiger partial charge in [0.25, 0.3) is 5.69 Å². The van der Waals surface area contributed by atoms with Gasteiger partial charge >= 0.3 is 5.97 Å². The lowest BCUT2D eigenvalue weighted by Gasteiger charge is -2.11. The van der Waals surface area contributed by atoms with Crippen LogP contribution in [0.25, 0.3) is 17.3 Å². The van der Waals surface area contributed by atoms with Crippen molar-refractivity contribution in [3.05, 3.63) is 107 Å². The highest BCUT2D eigenvalue weighted by Crippen LogP contribution is 2.28. The third-order valence-corrected chi connectivity index (χ3v) is 5.40. The molecular formula is C29H27N2O6+. The summed E-state index contributed by atoms with van der Waals surface area (Å²) in [6, 6.07) is 24.6. The predicted molar refractivity (Wildman–Crippen MR) is 138 cm³/mol. The summed E-state index contributed by atoms with van der Waals surface area (Å²) in [6.07, 6.45) is 2.64. The maximum absolute atomic E-state index is 11.0. The third-order valence-electron chi connectivity index (χ3n) is 5.40. The maximum Gasteiger partial charge on any atom is 0.328 e. The molecule has 0 saturated heterocycles. The quantitative estimate of drug-likeness (QED) is 0.173. The average Bonchev–Trinajstić information content (AvgIpc) is 3.36. The third kappa shape index (κ3) is 7.08. The number of aromatic amines is 1. The summed E-state index contributed by atoms with van der Waals surface area (Å²) < 4.78 is 17.2. The molecule has 4 rings (SSSR count). The number of oxime groups is 1. The summed E-state index contributed by atoms with van der Waals surface area (Å²) in [5.74, 6) is 1.03. The number of H-pyrrole nitrogens is 1. The van der Waals surface area contributed by atoms with Crippen molar-refractivity contribution < 1.29 is 33.9 Å². The van der Waals surface area contributed by atoms with Crippen LogP contribution >= 0.6 is 0 Å². The van der Waals surface area contributed by atoms with Crippen LogP contribution in [0, 0.1) is 6.92 Å². The van der Waals surface area contributed by atoms with Crippen molar-refractivity contribution in [2.45, 2.75) is 13.5 Å². The number of nitrogens with one attached hydrogen (secondary N) is 1. The molecule has 2 N–H and O–H groups in total. The van der Waals surface area contributed by atoms with Crippen LogP contribution in [0.3, 0.4) is 0 Å². The van der Waals surface area contributed by atoms with Crippen LogP contribution in [0.5, 0.6) is 11.5 Å². The van der Waals surface area contributed by atoms with Gasteiger partial charge in [-0.05, 0) is 46.6 Å². The zero-order valence-corrected chi connectivity index (χ0v) is 20.5. The molecule has 188 valence electrons. The molecule has 0 aliphatic carbocycles. The van der Waals surface area contributed by atoms with E-state index >= 15 is 0 Å². The fourth-order valence-corrected chi connectivity index (χ4v) is 3.60. The number of hydrogen-bond acceptors (Lipinski definition) is 6. The normalized spacial score (nSPS) is 11.5. The van der Waals surface area contributed by atoms with Crippen molar-refractivity contribution in [3.63, 3.8) is 0 Å². The standard InChI is InChI=1S/C29H26N2O6/c1-20-16-27(31-37-20)26-17-25(14-10-22(26)11-15-29(32)33)35-18-21-8-12-24(13-9-21)36-19-28(30-34-2)23-6-4-3-5-7-23/h3-17H,18-19H2,1-2H3,(H,32,33)/p+1/b15-11+,30-28+. The molecule has 0 atom stereocenters. The Bertz CT molecular complexity index is 1390. The van der Waals surface area contributed by atoms with Gasteiger partial charge in [0, 0.05) is 18.6 Å². The number of aliphatic carboxylic acids is 1. The second kappa shape index (κ2) is 12.2. The van der Waals surface area contributed by atoms with Crippen LogP contribution < -0.4 is 14.6 Å². The number of carbonyl (C=O) groups is 1. The van der Waals surface area contributed by atoms with Crippen LogP contribution in [0.15, 0.2) is 94.6 Å². The zero-order chi connectivity index (χ0) is 26.0. The van der Waals surface area contributed by atoms with Crippen molar-refractivity contribution in [1.82, 2.24) is 0 Å². The van der Waals surface area contributed by atoms with E-state index in [1.54, 1.807) is 6.07 Å². The zero-order valence-electron chi connectivity index (χ0n) is 20.5. The van der Waals surface area contributed by atoms with Gasteiger partial charge in [-0.25, -0.2) is 9.32 Å². The largest absolute Gasteiger partial charge is 0.489 e. The minimum Gasteiger partial charge on any atom is -0.489 e. The van der Waals surface area contributed by atoms with Gasteiger partial charge < -0.3 is 19.4 Å². The lowest BCUT2D eigenvalue weighted by molar-refractivity contribution is -0.600. The Morgan fingerprint density at radius 1 is 1.00 bits per heavy atom. The Hall–Kier alpha value is -4.85. The van der Waals surface area contributed by atoms with Crippen molar-refractivity contribution in [2.75, 3.05) is 13.7 Å². The molecule has 0 saturated carbocycles. The van der Waals surface area contributed by atoms with Crippen LogP contribution in [0.2, 0.25) is 0 Å². The second-order valence-electron chi connectivity index (χ2n) is 8.10. The van der Waals surface area contributed by atoms with E-state index in [1.165, 1.54) is 13.2 Å². The summed E-state index contributed by atoms with van der Waals surface area (Å²) in [6.45, 7) is 2.44. The van der Waals surface area contributed by atoms with Crippen molar-refractivity contribution in [3.8, 4) is 22.8 Å². The summed E-state index contributed by atoms with van der Waals surface area (Å²) in [4.78, 5) is 15.9. The van der Waals surface area contributed by atoms with Gasteiger partial charge in [-0.1, -0.05) is 53.7 Å². The summed E-state index contributed by atoms with van der Waals surface area (Å²) in [5, 5.41) is 15.9. The molecule has 0 aliphatic rings. The molecule has 0 radical (unpaired) electrons. The molecule has 1 aromatic heterocycles. The second-order valence-corrected chi connectivity index (χ2v) is 8.10. The van der Waals surface area contributed by atoms with E-state index in [-0.39, 0.29) is 6.61 Å². The van der Waals surface area contributed by atoms with Gasteiger partial charge in [-0.3, -0.25) is 0 Å². The van der Waals surface area contributed by atoms with E-state index in [9.17, 15) is 4.79 Å². The molecule has 8 nitrogen and oxygen atoms in total. The Balaban J connectivity index is 1.41. The lowest BCUT2D eigenvalue weighted by atomic mass is 10.0. The summed E-state index contributed by atoms with van der Waals surface area (Å²) >= 11 is 0. The molecule has 37 heavy (non-hydrogen) atoms. The highest BCUT2D eigenvalue weighted by Gasteiger charge is 2.15. The molecule has 0 amide bonds. The first kappa shape index (κ1) is 25.2. The fraction of sp³-hybridized carbons (Fsp3) is 0.138. The monoisotopic (exact) mass is 499 g/mol. The topological polar surface area (TPSA) is 105 Å². The Labute approximate surface area is 214 Å². The highest BCUT2D eigenvalue weighted by atomic mass is 16.6. The Kier molecular flexibility index (Phi) is 8.33. The van der Waals surface area contributed by atoms with E-state index in [2.05, 4.69) is 10.3 Å². The number of carboxylic acid groups (broad SMARTS) is 1. The van der Waals surface area contributed by atoms with E-state index in [4.69, 9.17) is 23.9 Å². The minimum atomic E-state index is -1.02. The number of ether oxygens (including phenoxy) is 2. The van der Waals surface area contributed by atoms with E-state index in [1.807, 2.05) is 79.7 Å². The number of aryl methyl sites for hydroxylation is 1. The van der Waals surface area contributed by atoms with Crippen molar-refractivity contribution in [1.29, 1.82) is 0 Å². The maximum atomic E-state index is 11.0. The molecular weight excluding hydrogens is 472 g/mol. The molecule has 0 bridgehead atoms. The average molecular weight is 500 g/mol. The van der Waals surface area contributed by atoms with Crippen molar-refractivity contribution in [2.24, 2.45) is 5.16 Å². The summed E-state index contributed by atoms with van der Waals surface area (Å²) in [7, 11) is 1.51.